The largest absolute Gasteiger partial charge is 0.475 e. The number of benzene rings is 1. The van der Waals surface area contributed by atoms with Gasteiger partial charge in [-0.05, 0) is 37.6 Å². The summed E-state index contributed by atoms with van der Waals surface area (Å²) >= 11 is 0. The minimum atomic E-state index is -2.85. The molecule has 2 heterocycles. The maximum absolute atomic E-state index is 11.4. The molecular formula is C19H25N5O3S. The van der Waals surface area contributed by atoms with Gasteiger partial charge in [-0.15, -0.1) is 10.2 Å². The second-order valence-electron chi connectivity index (χ2n) is 6.61. The number of rotatable bonds is 7. The lowest BCUT2D eigenvalue weighted by molar-refractivity contribution is 0.214. The highest BCUT2D eigenvalue weighted by Crippen LogP contribution is 2.24. The lowest BCUT2D eigenvalue weighted by Crippen LogP contribution is -2.42. The Kier molecular flexibility index (Phi) is 6.58. The predicted molar refractivity (Wildman–Crippen MR) is 111 cm³/mol. The number of aliphatic imine (C=N–C) groups is 1. The molecule has 0 atom stereocenters. The molecule has 1 aromatic carbocycles. The number of hydrogen-bond acceptors (Lipinski definition) is 8. The number of ether oxygens (including phenoxy) is 1. The Morgan fingerprint density at radius 3 is 2.68 bits per heavy atom. The molecule has 0 unspecified atom stereocenters. The van der Waals surface area contributed by atoms with Crippen LogP contribution in [0.15, 0.2) is 35.3 Å². The minimum absolute atomic E-state index is 0.220. The molecule has 0 saturated carbocycles. The first kappa shape index (κ1) is 20.2. The van der Waals surface area contributed by atoms with Gasteiger partial charge >= 0.3 is 0 Å². The molecule has 150 valence electrons. The lowest BCUT2D eigenvalue weighted by Gasteiger charge is -2.26. The SMILES string of the molecule is CC=Nc1cc(Nc2ccc(OCCN3CCS(=O)(=O)CC3)nn2)ccc1C. The van der Waals surface area contributed by atoms with Crippen molar-refractivity contribution in [1.82, 2.24) is 15.1 Å². The lowest BCUT2D eigenvalue weighted by atomic mass is 10.2. The number of hydrogen-bond donors (Lipinski definition) is 1. The summed E-state index contributed by atoms with van der Waals surface area (Å²) in [6.07, 6.45) is 1.76. The van der Waals surface area contributed by atoms with Crippen LogP contribution in [0.25, 0.3) is 0 Å². The van der Waals surface area contributed by atoms with Crippen LogP contribution >= 0.6 is 0 Å². The van der Waals surface area contributed by atoms with E-state index in [0.717, 1.165) is 16.9 Å². The summed E-state index contributed by atoms with van der Waals surface area (Å²) in [6, 6.07) is 9.49. The molecule has 3 rings (SSSR count). The molecule has 0 amide bonds. The third-order valence-corrected chi connectivity index (χ3v) is 6.09. The molecule has 0 bridgehead atoms. The molecule has 0 aliphatic carbocycles. The fraction of sp³-hybridized carbons (Fsp3) is 0.421. The van der Waals surface area contributed by atoms with Crippen LogP contribution in [-0.2, 0) is 9.84 Å². The predicted octanol–water partition coefficient (Wildman–Crippen LogP) is 2.36. The summed E-state index contributed by atoms with van der Waals surface area (Å²) in [5.41, 5.74) is 2.89. The Morgan fingerprint density at radius 1 is 1.21 bits per heavy atom. The Morgan fingerprint density at radius 2 is 2.00 bits per heavy atom. The highest BCUT2D eigenvalue weighted by molar-refractivity contribution is 7.91. The van der Waals surface area contributed by atoms with Gasteiger partial charge in [0.2, 0.25) is 5.88 Å². The second-order valence-corrected chi connectivity index (χ2v) is 8.92. The first-order valence-electron chi connectivity index (χ1n) is 9.21. The van der Waals surface area contributed by atoms with Crippen LogP contribution in [0.1, 0.15) is 12.5 Å². The summed E-state index contributed by atoms with van der Waals surface area (Å²) in [7, 11) is -2.85. The highest BCUT2D eigenvalue weighted by Gasteiger charge is 2.21. The minimum Gasteiger partial charge on any atom is -0.475 e. The summed E-state index contributed by atoms with van der Waals surface area (Å²) in [6.45, 7) is 6.12. The Bertz CT molecular complexity index is 915. The van der Waals surface area contributed by atoms with Crippen molar-refractivity contribution >= 4 is 33.2 Å². The van der Waals surface area contributed by atoms with E-state index in [4.69, 9.17) is 4.74 Å². The smallest absolute Gasteiger partial charge is 0.233 e. The molecule has 9 heteroatoms. The molecule has 0 spiro atoms. The van der Waals surface area contributed by atoms with Gasteiger partial charge in [-0.25, -0.2) is 8.42 Å². The summed E-state index contributed by atoms with van der Waals surface area (Å²) < 4.78 is 28.5. The van der Waals surface area contributed by atoms with Gasteiger partial charge in [-0.1, -0.05) is 6.07 Å². The first-order valence-corrected chi connectivity index (χ1v) is 11.0. The molecule has 0 radical (unpaired) electrons. The maximum atomic E-state index is 11.4. The van der Waals surface area contributed by atoms with Crippen LogP contribution in [0, 0.1) is 6.92 Å². The van der Waals surface area contributed by atoms with Crippen LogP contribution in [0.5, 0.6) is 5.88 Å². The fourth-order valence-electron chi connectivity index (χ4n) is 2.83. The fourth-order valence-corrected chi connectivity index (χ4v) is 4.11. The van der Waals surface area contributed by atoms with E-state index in [2.05, 4.69) is 25.4 Å². The van der Waals surface area contributed by atoms with Crippen molar-refractivity contribution in [3.05, 3.63) is 35.9 Å². The normalized spacial score (nSPS) is 16.9. The van der Waals surface area contributed by atoms with E-state index in [-0.39, 0.29) is 11.5 Å². The van der Waals surface area contributed by atoms with Crippen molar-refractivity contribution in [2.75, 3.05) is 43.1 Å². The van der Waals surface area contributed by atoms with Gasteiger partial charge in [0.05, 0.1) is 17.2 Å². The summed E-state index contributed by atoms with van der Waals surface area (Å²) in [5, 5.41) is 11.4. The Balaban J connectivity index is 1.49. The summed E-state index contributed by atoms with van der Waals surface area (Å²) in [5.74, 6) is 1.49. The Hall–Kier alpha value is -2.52. The van der Waals surface area contributed by atoms with Gasteiger partial charge in [-0.2, -0.15) is 0 Å². The van der Waals surface area contributed by atoms with Crippen molar-refractivity contribution in [3.8, 4) is 5.88 Å². The second kappa shape index (κ2) is 9.11. The number of sulfone groups is 1. The van der Waals surface area contributed by atoms with Crippen molar-refractivity contribution in [3.63, 3.8) is 0 Å². The Labute approximate surface area is 165 Å². The molecule has 8 nitrogen and oxygen atoms in total. The standard InChI is InChI=1S/C19H25N5O3S/c1-3-20-17-14-16(5-4-15(17)2)21-18-6-7-19(23-22-18)27-11-8-24-9-12-28(25,26)13-10-24/h3-7,14H,8-13H2,1-2H3,(H,21,22). The van der Waals surface area contributed by atoms with Crippen LogP contribution in [0.3, 0.4) is 0 Å². The molecule has 1 aromatic heterocycles. The van der Waals surface area contributed by atoms with Crippen LogP contribution in [0.4, 0.5) is 17.2 Å². The number of anilines is 2. The van der Waals surface area contributed by atoms with E-state index in [1.165, 1.54) is 0 Å². The zero-order valence-electron chi connectivity index (χ0n) is 16.1. The molecule has 2 aromatic rings. The van der Waals surface area contributed by atoms with Gasteiger partial charge < -0.3 is 10.1 Å². The van der Waals surface area contributed by atoms with Crippen LogP contribution < -0.4 is 10.1 Å². The zero-order valence-corrected chi connectivity index (χ0v) is 16.9. The van der Waals surface area contributed by atoms with E-state index in [1.807, 2.05) is 32.0 Å². The molecule has 1 saturated heterocycles. The third kappa shape index (κ3) is 5.74. The average Bonchev–Trinajstić information content (AvgIpc) is 2.67. The number of nitrogens with zero attached hydrogens (tertiary/aromatic N) is 4. The topological polar surface area (TPSA) is 96.8 Å². The van der Waals surface area contributed by atoms with E-state index >= 15 is 0 Å². The van der Waals surface area contributed by atoms with Crippen molar-refractivity contribution in [2.24, 2.45) is 4.99 Å². The molecule has 1 fully saturated rings. The number of nitrogens with one attached hydrogen (secondary N) is 1. The van der Waals surface area contributed by atoms with Crippen molar-refractivity contribution in [1.29, 1.82) is 0 Å². The van der Waals surface area contributed by atoms with E-state index < -0.39 is 9.84 Å². The van der Waals surface area contributed by atoms with Crippen LogP contribution in [-0.4, -0.2) is 67.5 Å². The zero-order chi connectivity index (χ0) is 20.0. The molecule has 28 heavy (non-hydrogen) atoms. The molecule has 1 N–H and O–H groups in total. The van der Waals surface area contributed by atoms with Crippen molar-refractivity contribution < 1.29 is 13.2 Å². The van der Waals surface area contributed by atoms with Gasteiger partial charge in [0.15, 0.2) is 15.7 Å². The average molecular weight is 404 g/mol. The summed E-state index contributed by atoms with van der Waals surface area (Å²) in [4.78, 5) is 6.43. The van der Waals surface area contributed by atoms with Gasteiger partial charge in [-0.3, -0.25) is 9.89 Å². The number of aryl methyl sites for hydroxylation is 1. The third-order valence-electron chi connectivity index (χ3n) is 4.48. The van der Waals surface area contributed by atoms with Gasteiger partial charge in [0.1, 0.15) is 6.61 Å². The first-order chi connectivity index (χ1) is 13.4. The van der Waals surface area contributed by atoms with Crippen molar-refractivity contribution in [2.45, 2.75) is 13.8 Å². The van der Waals surface area contributed by atoms with Gasteiger partial charge in [0, 0.05) is 37.6 Å². The van der Waals surface area contributed by atoms with E-state index in [1.54, 1.807) is 18.3 Å². The molecule has 1 aliphatic rings. The van der Waals surface area contributed by atoms with E-state index in [9.17, 15) is 8.42 Å². The number of aromatic nitrogens is 2. The molecule has 1 aliphatic heterocycles. The maximum Gasteiger partial charge on any atom is 0.233 e. The monoisotopic (exact) mass is 403 g/mol. The quantitative estimate of drug-likeness (QED) is 0.709. The van der Waals surface area contributed by atoms with Crippen LogP contribution in [0.2, 0.25) is 0 Å². The van der Waals surface area contributed by atoms with Gasteiger partial charge in [0.25, 0.3) is 0 Å². The van der Waals surface area contributed by atoms with E-state index in [0.29, 0.717) is 37.9 Å². The molecular weight excluding hydrogens is 378 g/mol. The highest BCUT2D eigenvalue weighted by atomic mass is 32.2.